The van der Waals surface area contributed by atoms with Gasteiger partial charge in [-0.25, -0.2) is 5.43 Å². The summed E-state index contributed by atoms with van der Waals surface area (Å²) >= 11 is 0. The van der Waals surface area contributed by atoms with Crippen LogP contribution in [-0.2, 0) is 0 Å². The summed E-state index contributed by atoms with van der Waals surface area (Å²) in [6, 6.07) is 12.1. The Morgan fingerprint density at radius 2 is 1.90 bits per heavy atom. The van der Waals surface area contributed by atoms with E-state index in [1.54, 1.807) is 19.4 Å². The summed E-state index contributed by atoms with van der Waals surface area (Å²) in [4.78, 5) is 14.9. The number of hydrogen-bond acceptors (Lipinski definition) is 4. The highest BCUT2D eigenvalue weighted by atomic mass is 16.5. The van der Waals surface area contributed by atoms with Crippen LogP contribution in [0.15, 0.2) is 47.6 Å². The zero-order valence-electron chi connectivity index (χ0n) is 18.9. The van der Waals surface area contributed by atoms with E-state index >= 15 is 0 Å². The Morgan fingerprint density at radius 3 is 2.57 bits per heavy atom. The van der Waals surface area contributed by atoms with E-state index in [4.69, 9.17) is 4.74 Å². The van der Waals surface area contributed by atoms with Crippen LogP contribution in [0.1, 0.15) is 61.7 Å². The number of amides is 1. The maximum atomic E-state index is 12.5. The second-order valence-electron chi connectivity index (χ2n) is 8.62. The highest BCUT2D eigenvalue weighted by Gasteiger charge is 2.32. The SMILES string of the molecule is COc1cc(C)ccc1C(=O)N/N=C/c1ccc2c(c1)C(C)=CC(C)(C)N2C(C)C. The number of aryl methyl sites for hydroxylation is 1. The third kappa shape index (κ3) is 4.25. The van der Waals surface area contributed by atoms with Crippen molar-refractivity contribution in [3.63, 3.8) is 0 Å². The van der Waals surface area contributed by atoms with E-state index in [2.05, 4.69) is 68.3 Å². The van der Waals surface area contributed by atoms with Crippen molar-refractivity contribution in [1.29, 1.82) is 0 Å². The smallest absolute Gasteiger partial charge is 0.275 e. The fourth-order valence-electron chi connectivity index (χ4n) is 4.30. The first-order valence-electron chi connectivity index (χ1n) is 10.3. The normalized spacial score (nSPS) is 15.2. The zero-order chi connectivity index (χ0) is 22.1. The van der Waals surface area contributed by atoms with Gasteiger partial charge in [-0.3, -0.25) is 4.79 Å². The molecule has 0 saturated heterocycles. The third-order valence-electron chi connectivity index (χ3n) is 5.39. The molecule has 0 aliphatic carbocycles. The minimum Gasteiger partial charge on any atom is -0.496 e. The molecule has 3 rings (SSSR count). The molecule has 2 aromatic rings. The van der Waals surface area contributed by atoms with Gasteiger partial charge in [0.15, 0.2) is 0 Å². The topological polar surface area (TPSA) is 53.9 Å². The van der Waals surface area contributed by atoms with Gasteiger partial charge in [-0.1, -0.05) is 18.2 Å². The van der Waals surface area contributed by atoms with Crippen LogP contribution in [0.3, 0.4) is 0 Å². The fraction of sp³-hybridized carbons (Fsp3) is 0.360. The number of rotatable bonds is 5. The van der Waals surface area contributed by atoms with Crippen LogP contribution in [0.4, 0.5) is 5.69 Å². The van der Waals surface area contributed by atoms with E-state index in [1.165, 1.54) is 16.8 Å². The maximum Gasteiger partial charge on any atom is 0.275 e. The quantitative estimate of drug-likeness (QED) is 0.551. The molecule has 0 saturated carbocycles. The van der Waals surface area contributed by atoms with Gasteiger partial charge in [0, 0.05) is 17.3 Å². The van der Waals surface area contributed by atoms with E-state index in [0.717, 1.165) is 11.1 Å². The molecule has 0 aromatic heterocycles. The molecule has 158 valence electrons. The van der Waals surface area contributed by atoms with Crippen molar-refractivity contribution in [3.8, 4) is 5.75 Å². The Hall–Kier alpha value is -3.08. The van der Waals surface area contributed by atoms with Gasteiger partial charge in [0.25, 0.3) is 5.91 Å². The fourth-order valence-corrected chi connectivity index (χ4v) is 4.30. The zero-order valence-corrected chi connectivity index (χ0v) is 18.9. The number of benzene rings is 2. The third-order valence-corrected chi connectivity index (χ3v) is 5.39. The van der Waals surface area contributed by atoms with E-state index in [1.807, 2.05) is 25.1 Å². The van der Waals surface area contributed by atoms with E-state index in [-0.39, 0.29) is 11.4 Å². The van der Waals surface area contributed by atoms with Crippen LogP contribution < -0.4 is 15.1 Å². The number of carbonyl (C=O) groups is 1. The molecule has 0 unspecified atom stereocenters. The summed E-state index contributed by atoms with van der Waals surface area (Å²) in [6.07, 6.45) is 3.98. The molecule has 2 aromatic carbocycles. The highest BCUT2D eigenvalue weighted by Crippen LogP contribution is 2.40. The van der Waals surface area contributed by atoms with Gasteiger partial charge in [0.05, 0.1) is 24.4 Å². The van der Waals surface area contributed by atoms with Gasteiger partial charge in [-0.15, -0.1) is 0 Å². The van der Waals surface area contributed by atoms with Crippen LogP contribution in [-0.4, -0.2) is 30.8 Å². The Kier molecular flexibility index (Phi) is 6.01. The molecule has 1 aliphatic heterocycles. The summed E-state index contributed by atoms with van der Waals surface area (Å²) in [5.41, 5.74) is 8.64. The van der Waals surface area contributed by atoms with Crippen molar-refractivity contribution >= 4 is 23.4 Å². The van der Waals surface area contributed by atoms with Crippen molar-refractivity contribution in [2.45, 2.75) is 53.1 Å². The van der Waals surface area contributed by atoms with Crippen LogP contribution >= 0.6 is 0 Å². The van der Waals surface area contributed by atoms with Gasteiger partial charge in [0.1, 0.15) is 5.75 Å². The molecule has 0 fully saturated rings. The summed E-state index contributed by atoms with van der Waals surface area (Å²) in [6.45, 7) is 13.0. The Morgan fingerprint density at radius 1 is 1.17 bits per heavy atom. The lowest BCUT2D eigenvalue weighted by Crippen LogP contribution is -2.49. The highest BCUT2D eigenvalue weighted by molar-refractivity contribution is 5.97. The van der Waals surface area contributed by atoms with E-state index in [0.29, 0.717) is 17.4 Å². The first-order valence-corrected chi connectivity index (χ1v) is 10.3. The van der Waals surface area contributed by atoms with Crippen LogP contribution in [0.2, 0.25) is 0 Å². The van der Waals surface area contributed by atoms with Gasteiger partial charge in [-0.05, 0) is 82.5 Å². The Balaban J connectivity index is 1.82. The average Bonchev–Trinajstić information content (AvgIpc) is 2.67. The molecule has 1 N–H and O–H groups in total. The molecule has 0 atom stereocenters. The summed E-state index contributed by atoms with van der Waals surface area (Å²) in [5.74, 6) is 0.235. The molecule has 0 bridgehead atoms. The monoisotopic (exact) mass is 405 g/mol. The minimum absolute atomic E-state index is 0.0398. The molecule has 1 heterocycles. The van der Waals surface area contributed by atoms with Crippen LogP contribution in [0.5, 0.6) is 5.75 Å². The molecule has 1 aliphatic rings. The molecule has 5 heteroatoms. The molecule has 1 amide bonds. The average molecular weight is 406 g/mol. The number of carbonyl (C=O) groups excluding carboxylic acids is 1. The second-order valence-corrected chi connectivity index (χ2v) is 8.62. The van der Waals surface area contributed by atoms with Crippen molar-refractivity contribution in [3.05, 3.63) is 64.7 Å². The summed E-state index contributed by atoms with van der Waals surface area (Å²) in [7, 11) is 1.56. The first kappa shape index (κ1) is 21.6. The number of fused-ring (bicyclic) bond motifs is 1. The van der Waals surface area contributed by atoms with Crippen molar-refractivity contribution in [1.82, 2.24) is 5.43 Å². The standard InChI is InChI=1S/C25H31N3O2/c1-16(2)28-22-11-9-19(13-21(22)18(4)14-25(28,5)6)15-26-27-24(29)20-10-8-17(3)12-23(20)30-7/h8-16H,1-7H3,(H,27,29)/b26-15+. The lowest BCUT2D eigenvalue weighted by Gasteiger charge is -2.46. The molecular weight excluding hydrogens is 374 g/mol. The van der Waals surface area contributed by atoms with Gasteiger partial charge >= 0.3 is 0 Å². The Bertz CT molecular complexity index is 1020. The summed E-state index contributed by atoms with van der Waals surface area (Å²) in [5, 5.41) is 4.16. The number of nitrogens with zero attached hydrogens (tertiary/aromatic N) is 2. The predicted octanol–water partition coefficient (Wildman–Crippen LogP) is 5.18. The van der Waals surface area contributed by atoms with Crippen LogP contribution in [0, 0.1) is 6.92 Å². The number of ether oxygens (including phenoxy) is 1. The van der Waals surface area contributed by atoms with E-state index < -0.39 is 0 Å². The largest absolute Gasteiger partial charge is 0.496 e. The number of allylic oxidation sites excluding steroid dienone is 1. The van der Waals surface area contributed by atoms with E-state index in [9.17, 15) is 4.79 Å². The first-order chi connectivity index (χ1) is 14.1. The maximum absolute atomic E-state index is 12.5. The van der Waals surface area contributed by atoms with Crippen molar-refractivity contribution < 1.29 is 9.53 Å². The predicted molar refractivity (Wildman–Crippen MR) is 125 cm³/mol. The van der Waals surface area contributed by atoms with Gasteiger partial charge < -0.3 is 9.64 Å². The molecule has 30 heavy (non-hydrogen) atoms. The van der Waals surface area contributed by atoms with Gasteiger partial charge in [-0.2, -0.15) is 5.10 Å². The van der Waals surface area contributed by atoms with Crippen molar-refractivity contribution in [2.24, 2.45) is 5.10 Å². The number of hydrogen-bond donors (Lipinski definition) is 1. The summed E-state index contributed by atoms with van der Waals surface area (Å²) < 4.78 is 5.31. The lowest BCUT2D eigenvalue weighted by atomic mass is 9.87. The molecule has 5 nitrogen and oxygen atoms in total. The number of hydrazone groups is 1. The second kappa shape index (κ2) is 8.34. The minimum atomic E-state index is -0.301. The molecule has 0 spiro atoms. The number of nitrogens with one attached hydrogen (secondary N) is 1. The lowest BCUT2D eigenvalue weighted by molar-refractivity contribution is 0.0952. The number of methoxy groups -OCH3 is 1. The van der Waals surface area contributed by atoms with Crippen molar-refractivity contribution in [2.75, 3.05) is 12.0 Å². The molecule has 0 radical (unpaired) electrons. The van der Waals surface area contributed by atoms with Gasteiger partial charge in [0.2, 0.25) is 0 Å². The Labute approximate surface area is 179 Å². The van der Waals surface area contributed by atoms with Crippen LogP contribution in [0.25, 0.3) is 5.57 Å². The number of anilines is 1. The molecular formula is C25H31N3O2.